The number of hydrogen-bond donors (Lipinski definition) is 0. The van der Waals surface area contributed by atoms with Crippen molar-refractivity contribution in [2.24, 2.45) is 0 Å². The summed E-state index contributed by atoms with van der Waals surface area (Å²) in [6.45, 7) is 5.06. The van der Waals surface area contributed by atoms with E-state index in [-0.39, 0.29) is 11.9 Å². The first-order valence-corrected chi connectivity index (χ1v) is 9.18. The van der Waals surface area contributed by atoms with Crippen LogP contribution in [0.2, 0.25) is 5.02 Å². The fourth-order valence-electron chi connectivity index (χ4n) is 3.59. The third kappa shape index (κ3) is 3.13. The fraction of sp³-hybridized carbons (Fsp3) is 0.238. The van der Waals surface area contributed by atoms with Gasteiger partial charge in [-0.05, 0) is 36.6 Å². The van der Waals surface area contributed by atoms with Gasteiger partial charge in [0.2, 0.25) is 5.91 Å². The SMILES string of the molecule is C=CC(=O)N1CCCC(n2cc3ccc(-c4ccccc4Cl)cc3n2)C1. The van der Waals surface area contributed by atoms with E-state index in [1.54, 1.807) is 0 Å². The van der Waals surface area contributed by atoms with Crippen molar-refractivity contribution in [2.45, 2.75) is 18.9 Å². The molecule has 1 amide bonds. The van der Waals surface area contributed by atoms with Crippen molar-refractivity contribution in [1.82, 2.24) is 14.7 Å². The monoisotopic (exact) mass is 365 g/mol. The van der Waals surface area contributed by atoms with Gasteiger partial charge in [-0.2, -0.15) is 5.10 Å². The van der Waals surface area contributed by atoms with Crippen molar-refractivity contribution in [2.75, 3.05) is 13.1 Å². The molecule has 1 fully saturated rings. The number of carbonyl (C=O) groups is 1. The first-order valence-electron chi connectivity index (χ1n) is 8.81. The van der Waals surface area contributed by atoms with Crippen LogP contribution < -0.4 is 0 Å². The predicted octanol–water partition coefficient (Wildman–Crippen LogP) is 4.71. The van der Waals surface area contributed by atoms with Crippen molar-refractivity contribution < 1.29 is 4.79 Å². The van der Waals surface area contributed by atoms with E-state index in [9.17, 15) is 4.79 Å². The van der Waals surface area contributed by atoms with E-state index in [4.69, 9.17) is 16.7 Å². The number of fused-ring (bicyclic) bond motifs is 1. The molecule has 2 heterocycles. The summed E-state index contributed by atoms with van der Waals surface area (Å²) < 4.78 is 2.00. The van der Waals surface area contributed by atoms with Crippen molar-refractivity contribution in [3.63, 3.8) is 0 Å². The summed E-state index contributed by atoms with van der Waals surface area (Å²) in [5.74, 6) is -0.00702. The standard InChI is InChI=1S/C21H20ClN3O/c1-2-21(26)24-11-5-6-17(14-24)25-13-16-10-9-15(12-20(16)23-25)18-7-3-4-8-19(18)22/h2-4,7-10,12-13,17H,1,5-6,11,14H2. The number of hydrogen-bond acceptors (Lipinski definition) is 2. The van der Waals surface area contributed by atoms with E-state index in [2.05, 4.69) is 31.0 Å². The lowest BCUT2D eigenvalue weighted by molar-refractivity contribution is -0.127. The van der Waals surface area contributed by atoms with E-state index in [1.807, 2.05) is 33.8 Å². The molecule has 26 heavy (non-hydrogen) atoms. The molecule has 3 aromatic rings. The third-order valence-corrected chi connectivity index (χ3v) is 5.30. The Morgan fingerprint density at radius 2 is 2.12 bits per heavy atom. The Morgan fingerprint density at radius 1 is 1.27 bits per heavy atom. The Balaban J connectivity index is 1.65. The molecule has 0 saturated carbocycles. The molecule has 1 aliphatic rings. The lowest BCUT2D eigenvalue weighted by atomic mass is 10.0. The van der Waals surface area contributed by atoms with Gasteiger partial charge >= 0.3 is 0 Å². The minimum absolute atomic E-state index is 0.00702. The lowest BCUT2D eigenvalue weighted by Gasteiger charge is -2.32. The van der Waals surface area contributed by atoms with Gasteiger partial charge in [0.05, 0.1) is 11.6 Å². The van der Waals surface area contributed by atoms with Crippen LogP contribution >= 0.6 is 11.6 Å². The molecule has 0 bridgehead atoms. The van der Waals surface area contributed by atoms with E-state index in [1.165, 1.54) is 6.08 Å². The second-order valence-electron chi connectivity index (χ2n) is 6.65. The summed E-state index contributed by atoms with van der Waals surface area (Å²) in [6, 6.07) is 14.2. The molecular weight excluding hydrogens is 346 g/mol. The van der Waals surface area contributed by atoms with Gasteiger partial charge in [-0.3, -0.25) is 9.48 Å². The molecule has 4 nitrogen and oxygen atoms in total. The topological polar surface area (TPSA) is 38.1 Å². The van der Waals surface area contributed by atoms with Crippen molar-refractivity contribution >= 4 is 28.4 Å². The number of rotatable bonds is 3. The number of carbonyl (C=O) groups excluding carboxylic acids is 1. The Labute approximate surface area is 157 Å². The molecule has 2 aromatic carbocycles. The quantitative estimate of drug-likeness (QED) is 0.630. The minimum Gasteiger partial charge on any atom is -0.337 e. The normalized spacial score (nSPS) is 17.4. The minimum atomic E-state index is -0.00702. The molecule has 1 atom stereocenters. The third-order valence-electron chi connectivity index (χ3n) is 4.97. The highest BCUT2D eigenvalue weighted by atomic mass is 35.5. The Morgan fingerprint density at radius 3 is 2.92 bits per heavy atom. The van der Waals surface area contributed by atoms with Crippen LogP contribution in [-0.2, 0) is 4.79 Å². The molecular formula is C21H20ClN3O. The summed E-state index contributed by atoms with van der Waals surface area (Å²) in [4.78, 5) is 13.8. The van der Waals surface area contributed by atoms with Gasteiger partial charge in [0.25, 0.3) is 0 Å². The number of amides is 1. The van der Waals surface area contributed by atoms with Crippen LogP contribution in [0.5, 0.6) is 0 Å². The lowest BCUT2D eigenvalue weighted by Crippen LogP contribution is -2.39. The molecule has 1 aromatic heterocycles. The summed E-state index contributed by atoms with van der Waals surface area (Å²) in [6.07, 6.45) is 5.45. The highest BCUT2D eigenvalue weighted by Crippen LogP contribution is 2.30. The zero-order chi connectivity index (χ0) is 18.1. The number of nitrogens with zero attached hydrogens (tertiary/aromatic N) is 3. The van der Waals surface area contributed by atoms with Gasteiger partial charge in [-0.25, -0.2) is 0 Å². The van der Waals surface area contributed by atoms with Gasteiger partial charge in [-0.15, -0.1) is 0 Å². The Hall–Kier alpha value is -2.59. The van der Waals surface area contributed by atoms with Crippen molar-refractivity contribution in [3.05, 3.63) is 66.3 Å². The summed E-state index contributed by atoms with van der Waals surface area (Å²) >= 11 is 6.33. The first-order chi connectivity index (χ1) is 12.7. The smallest absolute Gasteiger partial charge is 0.246 e. The predicted molar refractivity (Wildman–Crippen MR) is 105 cm³/mol. The van der Waals surface area contributed by atoms with E-state index in [0.717, 1.165) is 46.4 Å². The van der Waals surface area contributed by atoms with E-state index in [0.29, 0.717) is 6.54 Å². The zero-order valence-corrected chi connectivity index (χ0v) is 15.2. The summed E-state index contributed by atoms with van der Waals surface area (Å²) in [7, 11) is 0. The average molecular weight is 366 g/mol. The highest BCUT2D eigenvalue weighted by molar-refractivity contribution is 6.33. The molecule has 132 valence electrons. The first kappa shape index (κ1) is 16.9. The summed E-state index contributed by atoms with van der Waals surface area (Å²) in [5, 5.41) is 6.61. The number of piperidine rings is 1. The highest BCUT2D eigenvalue weighted by Gasteiger charge is 2.24. The fourth-order valence-corrected chi connectivity index (χ4v) is 3.83. The molecule has 0 spiro atoms. The van der Waals surface area contributed by atoms with Gasteiger partial charge in [0.15, 0.2) is 0 Å². The molecule has 1 aliphatic heterocycles. The van der Waals surface area contributed by atoms with Gasteiger partial charge < -0.3 is 4.90 Å². The maximum atomic E-state index is 11.9. The molecule has 0 N–H and O–H groups in total. The van der Waals surface area contributed by atoms with Gasteiger partial charge in [0.1, 0.15) is 0 Å². The Bertz CT molecular complexity index is 978. The molecule has 5 heteroatoms. The molecule has 0 aliphatic carbocycles. The van der Waals surface area contributed by atoms with Gasteiger partial charge in [-0.1, -0.05) is 48.5 Å². The molecule has 1 saturated heterocycles. The van der Waals surface area contributed by atoms with E-state index >= 15 is 0 Å². The van der Waals surface area contributed by atoms with Gasteiger partial charge in [0, 0.05) is 35.3 Å². The Kier molecular flexibility index (Phi) is 4.51. The van der Waals surface area contributed by atoms with Crippen LogP contribution in [0.15, 0.2) is 61.3 Å². The number of halogens is 1. The second-order valence-corrected chi connectivity index (χ2v) is 7.05. The number of aromatic nitrogens is 2. The molecule has 1 unspecified atom stereocenters. The maximum Gasteiger partial charge on any atom is 0.246 e. The largest absolute Gasteiger partial charge is 0.337 e. The number of likely N-dealkylation sites (tertiary alicyclic amines) is 1. The van der Waals surface area contributed by atoms with Crippen LogP contribution in [-0.4, -0.2) is 33.7 Å². The number of benzene rings is 2. The van der Waals surface area contributed by atoms with Crippen LogP contribution in [0.1, 0.15) is 18.9 Å². The second kappa shape index (κ2) is 6.96. The van der Waals surface area contributed by atoms with Crippen molar-refractivity contribution in [1.29, 1.82) is 0 Å². The molecule has 4 rings (SSSR count). The summed E-state index contributed by atoms with van der Waals surface area (Å²) in [5.41, 5.74) is 3.00. The zero-order valence-electron chi connectivity index (χ0n) is 14.4. The average Bonchev–Trinajstić information content (AvgIpc) is 3.11. The van der Waals surface area contributed by atoms with Crippen LogP contribution in [0.25, 0.3) is 22.0 Å². The van der Waals surface area contributed by atoms with Crippen molar-refractivity contribution in [3.8, 4) is 11.1 Å². The van der Waals surface area contributed by atoms with Crippen LogP contribution in [0.4, 0.5) is 0 Å². The van der Waals surface area contributed by atoms with Crippen LogP contribution in [0, 0.1) is 0 Å². The molecule has 0 radical (unpaired) electrons. The van der Waals surface area contributed by atoms with Crippen LogP contribution in [0.3, 0.4) is 0 Å². The van der Waals surface area contributed by atoms with E-state index < -0.39 is 0 Å². The maximum absolute atomic E-state index is 11.9.